The van der Waals surface area contributed by atoms with Gasteiger partial charge in [0.25, 0.3) is 0 Å². The van der Waals surface area contributed by atoms with Gasteiger partial charge < -0.3 is 11.5 Å². The molecular weight excluding hydrogens is 124 g/mol. The van der Waals surface area contributed by atoms with Gasteiger partial charge in [0.2, 0.25) is 0 Å². The quantitative estimate of drug-likeness (QED) is 0.519. The van der Waals surface area contributed by atoms with Crippen LogP contribution in [0.3, 0.4) is 0 Å². The molecule has 2 nitrogen and oxygen atoms in total. The maximum absolute atomic E-state index is 5.60. The summed E-state index contributed by atoms with van der Waals surface area (Å²) in [7, 11) is 0. The Morgan fingerprint density at radius 3 is 2.70 bits per heavy atom. The van der Waals surface area contributed by atoms with Gasteiger partial charge in [-0.2, -0.15) is 0 Å². The fraction of sp³-hybridized carbons (Fsp3) is 0.250. The van der Waals surface area contributed by atoms with E-state index in [1.54, 1.807) is 0 Å². The van der Waals surface area contributed by atoms with Gasteiger partial charge in [-0.1, -0.05) is 25.2 Å². The fourth-order valence-electron chi connectivity index (χ4n) is 0.866. The van der Waals surface area contributed by atoms with Crippen molar-refractivity contribution in [1.29, 1.82) is 0 Å². The predicted molar refractivity (Wildman–Crippen MR) is 42.8 cm³/mol. The zero-order valence-electron chi connectivity index (χ0n) is 6.04. The Morgan fingerprint density at radius 1 is 1.30 bits per heavy atom. The average molecular weight is 136 g/mol. The Hall–Kier alpha value is -1.18. The monoisotopic (exact) mass is 136 g/mol. The van der Waals surface area contributed by atoms with E-state index in [0.717, 1.165) is 0 Å². The second kappa shape index (κ2) is 2.60. The highest BCUT2D eigenvalue weighted by Gasteiger charge is 1.99. The molecule has 0 radical (unpaired) electrons. The van der Waals surface area contributed by atoms with Crippen LogP contribution in [-0.4, -0.2) is 0 Å². The van der Waals surface area contributed by atoms with Gasteiger partial charge in [-0.15, -0.1) is 0 Å². The van der Waals surface area contributed by atoms with E-state index in [9.17, 15) is 0 Å². The van der Waals surface area contributed by atoms with Gasteiger partial charge in [0.15, 0.2) is 0 Å². The van der Waals surface area contributed by atoms with E-state index >= 15 is 0 Å². The van der Waals surface area contributed by atoms with Gasteiger partial charge in [0.05, 0.1) is 11.4 Å². The average Bonchev–Trinajstić information content (AvgIpc) is 1.96. The Labute approximate surface area is 60.9 Å². The SMILES string of the molecule is CC1C=CC=C(N)C(N)=C1. The summed E-state index contributed by atoms with van der Waals surface area (Å²) < 4.78 is 0. The van der Waals surface area contributed by atoms with Crippen LogP contribution in [0.15, 0.2) is 35.7 Å². The summed E-state index contributed by atoms with van der Waals surface area (Å²) in [6.45, 7) is 2.07. The molecule has 0 aromatic rings. The Kier molecular flexibility index (Phi) is 1.81. The maximum atomic E-state index is 5.60. The smallest absolute Gasteiger partial charge is 0.0544 e. The molecule has 1 aliphatic rings. The summed E-state index contributed by atoms with van der Waals surface area (Å²) in [5.41, 5.74) is 12.5. The first kappa shape index (κ1) is 6.93. The van der Waals surface area contributed by atoms with E-state index in [2.05, 4.69) is 6.92 Å². The second-order valence-corrected chi connectivity index (χ2v) is 2.49. The lowest BCUT2D eigenvalue weighted by Crippen LogP contribution is -2.08. The van der Waals surface area contributed by atoms with Crippen LogP contribution in [0, 0.1) is 5.92 Å². The Morgan fingerprint density at radius 2 is 2.00 bits per heavy atom. The van der Waals surface area contributed by atoms with Gasteiger partial charge in [-0.05, 0) is 12.0 Å². The number of nitrogens with two attached hydrogens (primary N) is 2. The van der Waals surface area contributed by atoms with E-state index in [1.807, 2.05) is 24.3 Å². The van der Waals surface area contributed by atoms with Crippen molar-refractivity contribution in [2.45, 2.75) is 6.92 Å². The normalized spacial score (nSPS) is 25.1. The third-order valence-electron chi connectivity index (χ3n) is 1.47. The predicted octanol–water partition coefficient (Wildman–Crippen LogP) is 0.878. The van der Waals surface area contributed by atoms with Crippen LogP contribution in [0.25, 0.3) is 0 Å². The number of rotatable bonds is 0. The molecule has 0 amide bonds. The molecule has 0 saturated heterocycles. The summed E-state index contributed by atoms with van der Waals surface area (Å²) >= 11 is 0. The minimum absolute atomic E-state index is 0.386. The van der Waals surface area contributed by atoms with Crippen molar-refractivity contribution in [1.82, 2.24) is 0 Å². The van der Waals surface area contributed by atoms with Crippen molar-refractivity contribution in [2.75, 3.05) is 0 Å². The van der Waals surface area contributed by atoms with E-state index < -0.39 is 0 Å². The van der Waals surface area contributed by atoms with Crippen LogP contribution >= 0.6 is 0 Å². The largest absolute Gasteiger partial charge is 0.397 e. The van der Waals surface area contributed by atoms with Crippen LogP contribution in [0.5, 0.6) is 0 Å². The lowest BCUT2D eigenvalue weighted by Gasteiger charge is -1.99. The van der Waals surface area contributed by atoms with Crippen LogP contribution in [0.4, 0.5) is 0 Å². The highest BCUT2D eigenvalue weighted by Crippen LogP contribution is 2.09. The molecule has 0 aromatic heterocycles. The summed E-state index contributed by atoms with van der Waals surface area (Å²) in [4.78, 5) is 0. The van der Waals surface area contributed by atoms with Crippen LogP contribution < -0.4 is 11.5 Å². The standard InChI is InChI=1S/C8H12N2/c1-6-3-2-4-7(9)8(10)5-6/h2-6H,9-10H2,1H3. The minimum atomic E-state index is 0.386. The summed E-state index contributed by atoms with van der Waals surface area (Å²) in [6.07, 6.45) is 7.73. The first-order valence-electron chi connectivity index (χ1n) is 3.32. The van der Waals surface area contributed by atoms with E-state index in [4.69, 9.17) is 11.5 Å². The molecule has 4 N–H and O–H groups in total. The first-order valence-corrected chi connectivity index (χ1v) is 3.32. The summed E-state index contributed by atoms with van der Waals surface area (Å²) in [5, 5.41) is 0. The Bertz CT molecular complexity index is 211. The molecule has 0 spiro atoms. The van der Waals surface area contributed by atoms with Crippen molar-refractivity contribution in [3.63, 3.8) is 0 Å². The molecule has 0 aromatic carbocycles. The topological polar surface area (TPSA) is 52.0 Å². The molecule has 0 aliphatic heterocycles. The van der Waals surface area contributed by atoms with E-state index in [-0.39, 0.29) is 0 Å². The zero-order chi connectivity index (χ0) is 7.56. The molecule has 10 heavy (non-hydrogen) atoms. The Balaban J connectivity index is 2.90. The zero-order valence-corrected chi connectivity index (χ0v) is 6.04. The van der Waals surface area contributed by atoms with E-state index in [1.165, 1.54) is 0 Å². The highest BCUT2D eigenvalue weighted by molar-refractivity contribution is 5.32. The van der Waals surface area contributed by atoms with Crippen molar-refractivity contribution < 1.29 is 0 Å². The molecule has 0 fully saturated rings. The van der Waals surface area contributed by atoms with Gasteiger partial charge in [0, 0.05) is 0 Å². The summed E-state index contributed by atoms with van der Waals surface area (Å²) in [6, 6.07) is 0. The van der Waals surface area contributed by atoms with Gasteiger partial charge in [-0.3, -0.25) is 0 Å². The van der Waals surface area contributed by atoms with Gasteiger partial charge in [-0.25, -0.2) is 0 Å². The number of allylic oxidation sites excluding steroid dienone is 4. The molecule has 1 atom stereocenters. The van der Waals surface area contributed by atoms with Crippen LogP contribution in [0.1, 0.15) is 6.92 Å². The third kappa shape index (κ3) is 1.41. The molecule has 0 heterocycles. The van der Waals surface area contributed by atoms with E-state index in [0.29, 0.717) is 17.3 Å². The van der Waals surface area contributed by atoms with Crippen molar-refractivity contribution in [2.24, 2.45) is 17.4 Å². The molecule has 0 saturated carbocycles. The maximum Gasteiger partial charge on any atom is 0.0544 e. The molecule has 0 bridgehead atoms. The molecule has 2 heteroatoms. The fourth-order valence-corrected chi connectivity index (χ4v) is 0.866. The number of hydrogen-bond donors (Lipinski definition) is 2. The molecule has 1 unspecified atom stereocenters. The minimum Gasteiger partial charge on any atom is -0.397 e. The van der Waals surface area contributed by atoms with Crippen molar-refractivity contribution >= 4 is 0 Å². The van der Waals surface area contributed by atoms with Crippen LogP contribution in [-0.2, 0) is 0 Å². The first-order chi connectivity index (χ1) is 4.70. The number of hydrogen-bond acceptors (Lipinski definition) is 2. The molecule has 54 valence electrons. The highest BCUT2D eigenvalue weighted by atomic mass is 14.7. The lowest BCUT2D eigenvalue weighted by atomic mass is 10.1. The molecule has 1 rings (SSSR count). The third-order valence-corrected chi connectivity index (χ3v) is 1.47. The van der Waals surface area contributed by atoms with Crippen LogP contribution in [0.2, 0.25) is 0 Å². The molecule has 1 aliphatic carbocycles. The van der Waals surface area contributed by atoms with Crippen molar-refractivity contribution in [3.05, 3.63) is 35.7 Å². The van der Waals surface area contributed by atoms with Crippen molar-refractivity contribution in [3.8, 4) is 0 Å². The summed E-state index contributed by atoms with van der Waals surface area (Å²) in [5.74, 6) is 0.386. The second-order valence-electron chi connectivity index (χ2n) is 2.49. The van der Waals surface area contributed by atoms with Gasteiger partial charge in [0.1, 0.15) is 0 Å². The lowest BCUT2D eigenvalue weighted by molar-refractivity contribution is 0.927. The molecular formula is C8H12N2. The van der Waals surface area contributed by atoms with Gasteiger partial charge >= 0.3 is 0 Å².